The molecule has 2 amide bonds. The molecule has 5 heteroatoms. The summed E-state index contributed by atoms with van der Waals surface area (Å²) in [5, 5.41) is 12.9. The molecule has 2 unspecified atom stereocenters. The lowest BCUT2D eigenvalue weighted by atomic mass is 10.0. The molecule has 0 aliphatic carbocycles. The van der Waals surface area contributed by atoms with Crippen LogP contribution in [0.25, 0.3) is 0 Å². The molecule has 1 fully saturated rings. The van der Waals surface area contributed by atoms with Crippen LogP contribution in [0.5, 0.6) is 0 Å². The van der Waals surface area contributed by atoms with Crippen molar-refractivity contribution in [3.63, 3.8) is 0 Å². The average Bonchev–Trinajstić information content (AvgIpc) is 2.78. The summed E-state index contributed by atoms with van der Waals surface area (Å²) in [5.41, 5.74) is 0.688. The molecule has 1 aromatic carbocycles. The van der Waals surface area contributed by atoms with E-state index in [-0.39, 0.29) is 18.1 Å². The standard InChI is InChI=1S/C13H17ClN2O2/c1-9(17)10-5-6-16(8-10)13(18)15-12-4-2-3-11(14)7-12/h2-4,7,9-10,17H,5-6,8H2,1H3,(H,15,18). The second kappa shape index (κ2) is 5.59. The second-order valence-electron chi connectivity index (χ2n) is 4.68. The number of nitrogens with one attached hydrogen (secondary N) is 1. The summed E-state index contributed by atoms with van der Waals surface area (Å²) in [7, 11) is 0. The van der Waals surface area contributed by atoms with E-state index in [1.54, 1.807) is 36.1 Å². The molecule has 0 radical (unpaired) electrons. The van der Waals surface area contributed by atoms with Gasteiger partial charge in [-0.05, 0) is 31.5 Å². The van der Waals surface area contributed by atoms with E-state index in [9.17, 15) is 9.90 Å². The highest BCUT2D eigenvalue weighted by Crippen LogP contribution is 2.21. The van der Waals surface area contributed by atoms with Crippen molar-refractivity contribution in [2.24, 2.45) is 5.92 Å². The molecule has 1 heterocycles. The maximum absolute atomic E-state index is 12.0. The van der Waals surface area contributed by atoms with E-state index in [0.29, 0.717) is 23.8 Å². The van der Waals surface area contributed by atoms with Crippen LogP contribution in [0.1, 0.15) is 13.3 Å². The normalized spacial score (nSPS) is 20.8. The number of carbonyl (C=O) groups is 1. The molecular formula is C13H17ClN2O2. The zero-order valence-corrected chi connectivity index (χ0v) is 11.0. The number of aliphatic hydroxyl groups excluding tert-OH is 1. The fourth-order valence-electron chi connectivity index (χ4n) is 2.13. The highest BCUT2D eigenvalue weighted by Gasteiger charge is 2.28. The molecule has 2 atom stereocenters. The molecule has 2 rings (SSSR count). The van der Waals surface area contributed by atoms with Gasteiger partial charge in [0.2, 0.25) is 0 Å². The lowest BCUT2D eigenvalue weighted by Gasteiger charge is -2.18. The molecule has 18 heavy (non-hydrogen) atoms. The molecule has 1 saturated heterocycles. The number of hydrogen-bond donors (Lipinski definition) is 2. The van der Waals surface area contributed by atoms with Gasteiger partial charge in [0.15, 0.2) is 0 Å². The van der Waals surface area contributed by atoms with Crippen LogP contribution < -0.4 is 5.32 Å². The van der Waals surface area contributed by atoms with Crippen LogP contribution in [0.15, 0.2) is 24.3 Å². The van der Waals surface area contributed by atoms with E-state index in [2.05, 4.69) is 5.32 Å². The summed E-state index contributed by atoms with van der Waals surface area (Å²) in [4.78, 5) is 13.7. The Bertz CT molecular complexity index is 437. The number of aliphatic hydroxyl groups is 1. The van der Waals surface area contributed by atoms with Crippen LogP contribution >= 0.6 is 11.6 Å². The molecule has 1 aromatic rings. The monoisotopic (exact) mass is 268 g/mol. The molecule has 0 aromatic heterocycles. The van der Waals surface area contributed by atoms with Crippen LogP contribution in [-0.4, -0.2) is 35.2 Å². The van der Waals surface area contributed by atoms with Crippen LogP contribution in [0.2, 0.25) is 5.02 Å². The third-order valence-corrected chi connectivity index (χ3v) is 3.51. The van der Waals surface area contributed by atoms with Crippen molar-refractivity contribution in [3.05, 3.63) is 29.3 Å². The first-order chi connectivity index (χ1) is 8.56. The smallest absolute Gasteiger partial charge is 0.321 e. The first kappa shape index (κ1) is 13.2. The SMILES string of the molecule is CC(O)C1CCN(C(=O)Nc2cccc(Cl)c2)C1. The van der Waals surface area contributed by atoms with Crippen molar-refractivity contribution in [2.75, 3.05) is 18.4 Å². The van der Waals surface area contributed by atoms with Gasteiger partial charge in [0.05, 0.1) is 6.10 Å². The lowest BCUT2D eigenvalue weighted by Crippen LogP contribution is -2.34. The van der Waals surface area contributed by atoms with Gasteiger partial charge in [-0.2, -0.15) is 0 Å². The van der Waals surface area contributed by atoms with Gasteiger partial charge in [-0.25, -0.2) is 4.79 Å². The van der Waals surface area contributed by atoms with Gasteiger partial charge >= 0.3 is 6.03 Å². The van der Waals surface area contributed by atoms with E-state index in [0.717, 1.165) is 6.42 Å². The Morgan fingerprint density at radius 2 is 2.39 bits per heavy atom. The van der Waals surface area contributed by atoms with Crippen molar-refractivity contribution >= 4 is 23.3 Å². The van der Waals surface area contributed by atoms with Crippen molar-refractivity contribution < 1.29 is 9.90 Å². The van der Waals surface area contributed by atoms with Gasteiger partial charge in [-0.1, -0.05) is 17.7 Å². The summed E-state index contributed by atoms with van der Waals surface area (Å²) >= 11 is 5.85. The number of benzene rings is 1. The summed E-state index contributed by atoms with van der Waals surface area (Å²) in [5.74, 6) is 0.176. The molecule has 2 N–H and O–H groups in total. The minimum atomic E-state index is -0.367. The number of halogens is 1. The van der Waals surface area contributed by atoms with Gasteiger partial charge < -0.3 is 15.3 Å². The number of carbonyl (C=O) groups excluding carboxylic acids is 1. The predicted octanol–water partition coefficient (Wildman–Crippen LogP) is 2.57. The highest BCUT2D eigenvalue weighted by atomic mass is 35.5. The van der Waals surface area contributed by atoms with Gasteiger partial charge in [-0.3, -0.25) is 0 Å². The Morgan fingerprint density at radius 1 is 1.61 bits per heavy atom. The average molecular weight is 269 g/mol. The number of likely N-dealkylation sites (tertiary alicyclic amines) is 1. The fourth-order valence-corrected chi connectivity index (χ4v) is 2.32. The van der Waals surface area contributed by atoms with Gasteiger partial charge in [0.1, 0.15) is 0 Å². The minimum absolute atomic E-state index is 0.139. The summed E-state index contributed by atoms with van der Waals surface area (Å²) in [6.07, 6.45) is 0.481. The Labute approximate surface area is 112 Å². The minimum Gasteiger partial charge on any atom is -0.393 e. The lowest BCUT2D eigenvalue weighted by molar-refractivity contribution is 0.130. The number of anilines is 1. The molecule has 0 spiro atoms. The Balaban J connectivity index is 1.93. The highest BCUT2D eigenvalue weighted by molar-refractivity contribution is 6.30. The van der Waals surface area contributed by atoms with E-state index in [4.69, 9.17) is 11.6 Å². The van der Waals surface area contributed by atoms with Crippen LogP contribution in [0.4, 0.5) is 10.5 Å². The van der Waals surface area contributed by atoms with Crippen LogP contribution in [0.3, 0.4) is 0 Å². The second-order valence-corrected chi connectivity index (χ2v) is 5.11. The predicted molar refractivity (Wildman–Crippen MR) is 71.8 cm³/mol. The van der Waals surface area contributed by atoms with E-state index in [1.165, 1.54) is 0 Å². The number of rotatable bonds is 2. The summed E-state index contributed by atoms with van der Waals surface area (Å²) in [6, 6.07) is 6.92. The van der Waals surface area contributed by atoms with Gasteiger partial charge in [0, 0.05) is 29.7 Å². The van der Waals surface area contributed by atoms with Gasteiger partial charge in [-0.15, -0.1) is 0 Å². The molecule has 4 nitrogen and oxygen atoms in total. The Kier molecular flexibility index (Phi) is 4.09. The van der Waals surface area contributed by atoms with Crippen LogP contribution in [0, 0.1) is 5.92 Å². The first-order valence-electron chi connectivity index (χ1n) is 6.06. The quantitative estimate of drug-likeness (QED) is 0.866. The Hall–Kier alpha value is -1.26. The summed E-state index contributed by atoms with van der Waals surface area (Å²) < 4.78 is 0. The topological polar surface area (TPSA) is 52.6 Å². The zero-order chi connectivity index (χ0) is 13.1. The molecule has 0 saturated carbocycles. The molecule has 1 aliphatic rings. The van der Waals surface area contributed by atoms with Crippen molar-refractivity contribution in [3.8, 4) is 0 Å². The molecule has 98 valence electrons. The zero-order valence-electron chi connectivity index (χ0n) is 10.3. The largest absolute Gasteiger partial charge is 0.393 e. The van der Waals surface area contributed by atoms with Crippen molar-refractivity contribution in [2.45, 2.75) is 19.4 Å². The number of urea groups is 1. The van der Waals surface area contributed by atoms with Crippen LogP contribution in [-0.2, 0) is 0 Å². The third-order valence-electron chi connectivity index (χ3n) is 3.27. The van der Waals surface area contributed by atoms with E-state index >= 15 is 0 Å². The molecular weight excluding hydrogens is 252 g/mol. The third kappa shape index (κ3) is 3.15. The van der Waals surface area contributed by atoms with Crippen molar-refractivity contribution in [1.82, 2.24) is 4.90 Å². The fraction of sp³-hybridized carbons (Fsp3) is 0.462. The molecule has 1 aliphatic heterocycles. The first-order valence-corrected chi connectivity index (χ1v) is 6.43. The number of amides is 2. The van der Waals surface area contributed by atoms with Crippen molar-refractivity contribution in [1.29, 1.82) is 0 Å². The van der Waals surface area contributed by atoms with E-state index < -0.39 is 0 Å². The maximum atomic E-state index is 12.0. The number of hydrogen-bond acceptors (Lipinski definition) is 2. The molecule has 0 bridgehead atoms. The van der Waals surface area contributed by atoms with E-state index in [1.807, 2.05) is 0 Å². The van der Waals surface area contributed by atoms with Gasteiger partial charge in [0.25, 0.3) is 0 Å². The summed E-state index contributed by atoms with van der Waals surface area (Å²) in [6.45, 7) is 3.05. The Morgan fingerprint density at radius 3 is 3.00 bits per heavy atom. The maximum Gasteiger partial charge on any atom is 0.321 e. The number of nitrogens with zero attached hydrogens (tertiary/aromatic N) is 1.